The molecular weight excluding hydrogens is 342 g/mol. The van der Waals surface area contributed by atoms with Gasteiger partial charge in [0.25, 0.3) is 0 Å². The zero-order valence-electron chi connectivity index (χ0n) is 14.5. The Balaban J connectivity index is 0.00000225. The predicted molar refractivity (Wildman–Crippen MR) is 99.1 cm³/mol. The molecule has 25 heavy (non-hydrogen) atoms. The van der Waals surface area contributed by atoms with Crippen LogP contribution in [0.1, 0.15) is 31.7 Å². The van der Waals surface area contributed by atoms with Crippen molar-refractivity contribution < 1.29 is 14.3 Å². The van der Waals surface area contributed by atoms with Crippen LogP contribution in [0, 0.1) is 5.92 Å². The van der Waals surface area contributed by atoms with Gasteiger partial charge in [0.15, 0.2) is 0 Å². The Bertz CT molecular complexity index is 638. The molecule has 3 N–H and O–H groups in total. The minimum atomic E-state index is -0.412. The average Bonchev–Trinajstić information content (AvgIpc) is 3.08. The number of rotatable bonds is 4. The average molecular weight is 368 g/mol. The molecule has 2 atom stereocenters. The summed E-state index contributed by atoms with van der Waals surface area (Å²) in [4.78, 5) is 26.9. The molecule has 1 fully saturated rings. The molecule has 1 saturated heterocycles. The van der Waals surface area contributed by atoms with Gasteiger partial charge in [-0.05, 0) is 43.0 Å². The highest BCUT2D eigenvalue weighted by Crippen LogP contribution is 2.28. The lowest BCUT2D eigenvalue weighted by Crippen LogP contribution is -2.52. The van der Waals surface area contributed by atoms with Crippen molar-refractivity contribution in [1.29, 1.82) is 0 Å². The van der Waals surface area contributed by atoms with Gasteiger partial charge in [-0.3, -0.25) is 9.59 Å². The van der Waals surface area contributed by atoms with Gasteiger partial charge in [0.1, 0.15) is 11.8 Å². The number of nitrogens with zero attached hydrogens (tertiary/aromatic N) is 1. The number of carbonyl (C=O) groups is 2. The van der Waals surface area contributed by atoms with E-state index in [9.17, 15) is 9.59 Å². The van der Waals surface area contributed by atoms with Gasteiger partial charge in [-0.25, -0.2) is 0 Å². The fourth-order valence-electron chi connectivity index (χ4n) is 3.34. The van der Waals surface area contributed by atoms with E-state index in [1.165, 1.54) is 0 Å². The first-order chi connectivity index (χ1) is 11.6. The van der Waals surface area contributed by atoms with Crippen molar-refractivity contribution in [3.8, 4) is 5.75 Å². The van der Waals surface area contributed by atoms with Crippen LogP contribution in [0.4, 0.5) is 5.69 Å². The second-order valence-electron chi connectivity index (χ2n) is 6.59. The third kappa shape index (κ3) is 4.25. The number of halogens is 1. The molecule has 0 spiro atoms. The maximum atomic E-state index is 12.7. The molecule has 2 unspecified atom stereocenters. The van der Waals surface area contributed by atoms with Gasteiger partial charge in [-0.1, -0.05) is 6.92 Å². The van der Waals surface area contributed by atoms with Gasteiger partial charge in [0, 0.05) is 31.1 Å². The van der Waals surface area contributed by atoms with Crippen LogP contribution in [0.5, 0.6) is 5.75 Å². The summed E-state index contributed by atoms with van der Waals surface area (Å²) in [6.07, 6.45) is 3.45. The molecule has 138 valence electrons. The number of nitrogens with two attached hydrogens (primary N) is 1. The van der Waals surface area contributed by atoms with Gasteiger partial charge in [0.05, 0.1) is 6.61 Å². The van der Waals surface area contributed by atoms with Gasteiger partial charge in [-0.2, -0.15) is 0 Å². The van der Waals surface area contributed by atoms with E-state index < -0.39 is 6.04 Å². The lowest BCUT2D eigenvalue weighted by Gasteiger charge is -2.36. The van der Waals surface area contributed by atoms with Crippen LogP contribution in [0.15, 0.2) is 18.2 Å². The van der Waals surface area contributed by atoms with Gasteiger partial charge in [-0.15, -0.1) is 12.4 Å². The number of amides is 2. The SMILES string of the molecule is CC(CN)C(=O)N1CCCCC1C(=O)Nc1ccc2c(c1)CCO2.Cl. The van der Waals surface area contributed by atoms with E-state index in [-0.39, 0.29) is 30.1 Å². The number of ether oxygens (including phenoxy) is 1. The second-order valence-corrected chi connectivity index (χ2v) is 6.59. The molecule has 0 radical (unpaired) electrons. The number of hydrogen-bond donors (Lipinski definition) is 2. The van der Waals surface area contributed by atoms with E-state index in [0.717, 1.165) is 36.3 Å². The molecule has 2 heterocycles. The van der Waals surface area contributed by atoms with Crippen molar-refractivity contribution in [1.82, 2.24) is 4.90 Å². The number of benzene rings is 1. The van der Waals surface area contributed by atoms with Crippen molar-refractivity contribution in [2.45, 2.75) is 38.6 Å². The Morgan fingerprint density at radius 3 is 2.96 bits per heavy atom. The molecule has 0 bridgehead atoms. The summed E-state index contributed by atoms with van der Waals surface area (Å²) in [5, 5.41) is 2.96. The summed E-state index contributed by atoms with van der Waals surface area (Å²) >= 11 is 0. The summed E-state index contributed by atoms with van der Waals surface area (Å²) in [5.41, 5.74) is 7.49. The lowest BCUT2D eigenvalue weighted by molar-refractivity contribution is -0.143. The zero-order chi connectivity index (χ0) is 17.1. The number of hydrogen-bond acceptors (Lipinski definition) is 4. The number of carbonyl (C=O) groups excluding carboxylic acids is 2. The first-order valence-electron chi connectivity index (χ1n) is 8.67. The Morgan fingerprint density at radius 1 is 1.40 bits per heavy atom. The minimum absolute atomic E-state index is 0. The van der Waals surface area contributed by atoms with Crippen LogP contribution in [-0.2, 0) is 16.0 Å². The van der Waals surface area contributed by atoms with Gasteiger partial charge >= 0.3 is 0 Å². The molecule has 1 aromatic rings. The molecule has 7 heteroatoms. The normalized spacial score (nSPS) is 20.1. The molecule has 2 aliphatic heterocycles. The number of piperidine rings is 1. The Labute approximate surface area is 154 Å². The van der Waals surface area contributed by atoms with Gasteiger partial charge < -0.3 is 20.7 Å². The topological polar surface area (TPSA) is 84.7 Å². The maximum Gasteiger partial charge on any atom is 0.247 e. The van der Waals surface area contributed by atoms with Crippen LogP contribution in [-0.4, -0.2) is 42.5 Å². The first-order valence-corrected chi connectivity index (χ1v) is 8.67. The van der Waals surface area contributed by atoms with Crippen LogP contribution in [0.2, 0.25) is 0 Å². The Kier molecular flexibility index (Phi) is 6.67. The molecule has 2 aliphatic rings. The second kappa shape index (κ2) is 8.54. The lowest BCUT2D eigenvalue weighted by atomic mass is 9.98. The van der Waals surface area contributed by atoms with E-state index in [4.69, 9.17) is 10.5 Å². The Hall–Kier alpha value is -1.79. The summed E-state index contributed by atoms with van der Waals surface area (Å²) in [5.74, 6) is 0.487. The maximum absolute atomic E-state index is 12.7. The molecule has 2 amide bonds. The number of fused-ring (bicyclic) bond motifs is 1. The zero-order valence-corrected chi connectivity index (χ0v) is 15.3. The van der Waals surface area contributed by atoms with Crippen molar-refractivity contribution >= 4 is 29.9 Å². The number of likely N-dealkylation sites (tertiary alicyclic amines) is 1. The van der Waals surface area contributed by atoms with Crippen LogP contribution in [0.25, 0.3) is 0 Å². The standard InChI is InChI=1S/C18H25N3O3.ClH/c1-12(11-19)18(23)21-8-3-2-4-15(21)17(22)20-14-5-6-16-13(10-14)7-9-24-16;/h5-6,10,12,15H,2-4,7-9,11,19H2,1H3,(H,20,22);1H. The van der Waals surface area contributed by atoms with Crippen molar-refractivity contribution in [3.05, 3.63) is 23.8 Å². The largest absolute Gasteiger partial charge is 0.493 e. The molecule has 1 aromatic carbocycles. The Morgan fingerprint density at radius 2 is 2.20 bits per heavy atom. The van der Waals surface area contributed by atoms with Crippen molar-refractivity contribution in [2.24, 2.45) is 11.7 Å². The van der Waals surface area contributed by atoms with E-state index in [2.05, 4.69) is 5.32 Å². The molecule has 0 aliphatic carbocycles. The monoisotopic (exact) mass is 367 g/mol. The highest BCUT2D eigenvalue weighted by atomic mass is 35.5. The molecular formula is C18H26ClN3O3. The predicted octanol–water partition coefficient (Wildman–Crippen LogP) is 1.96. The summed E-state index contributed by atoms with van der Waals surface area (Å²) < 4.78 is 5.48. The van der Waals surface area contributed by atoms with E-state index in [1.807, 2.05) is 25.1 Å². The summed E-state index contributed by atoms with van der Waals surface area (Å²) in [7, 11) is 0. The van der Waals surface area contributed by atoms with Gasteiger partial charge in [0.2, 0.25) is 11.8 Å². The van der Waals surface area contributed by atoms with E-state index in [0.29, 0.717) is 26.1 Å². The summed E-state index contributed by atoms with van der Waals surface area (Å²) in [6.45, 7) is 3.43. The first kappa shape index (κ1) is 19.5. The fraction of sp³-hybridized carbons (Fsp3) is 0.556. The molecule has 3 rings (SSSR count). The third-order valence-electron chi connectivity index (χ3n) is 4.82. The van der Waals surface area contributed by atoms with Crippen LogP contribution >= 0.6 is 12.4 Å². The number of anilines is 1. The fourth-order valence-corrected chi connectivity index (χ4v) is 3.34. The molecule has 0 saturated carbocycles. The minimum Gasteiger partial charge on any atom is -0.493 e. The summed E-state index contributed by atoms with van der Waals surface area (Å²) in [6, 6.07) is 5.28. The quantitative estimate of drug-likeness (QED) is 0.851. The van der Waals surface area contributed by atoms with Crippen molar-refractivity contribution in [3.63, 3.8) is 0 Å². The molecule has 6 nitrogen and oxygen atoms in total. The van der Waals surface area contributed by atoms with Crippen molar-refractivity contribution in [2.75, 3.05) is 25.0 Å². The smallest absolute Gasteiger partial charge is 0.247 e. The van der Waals surface area contributed by atoms with Crippen LogP contribution < -0.4 is 15.8 Å². The van der Waals surface area contributed by atoms with Crippen LogP contribution in [0.3, 0.4) is 0 Å². The van der Waals surface area contributed by atoms with E-state index >= 15 is 0 Å². The number of nitrogens with one attached hydrogen (secondary N) is 1. The highest BCUT2D eigenvalue weighted by Gasteiger charge is 2.33. The highest BCUT2D eigenvalue weighted by molar-refractivity contribution is 5.97. The third-order valence-corrected chi connectivity index (χ3v) is 4.82. The molecule has 0 aromatic heterocycles. The van der Waals surface area contributed by atoms with E-state index in [1.54, 1.807) is 4.90 Å².